The van der Waals surface area contributed by atoms with Gasteiger partial charge in [0.15, 0.2) is 0 Å². The number of rotatable bonds is 2. The molecule has 1 saturated heterocycles. The highest BCUT2D eigenvalue weighted by Crippen LogP contribution is 2.29. The Balaban J connectivity index is 0.00000220. The molecule has 3 nitrogen and oxygen atoms in total. The van der Waals surface area contributed by atoms with E-state index in [1.807, 2.05) is 0 Å². The van der Waals surface area contributed by atoms with Crippen LogP contribution < -0.4 is 5.73 Å². The Hall–Kier alpha value is -1.27. The second-order valence-electron chi connectivity index (χ2n) is 4.96. The third-order valence-electron chi connectivity index (χ3n) is 3.62. The second-order valence-corrected chi connectivity index (χ2v) is 4.96. The monoisotopic (exact) mass is 322 g/mol. The van der Waals surface area contributed by atoms with Crippen LogP contribution in [0.2, 0.25) is 0 Å². The molecule has 1 aromatic carbocycles. The molecule has 0 spiro atoms. The number of piperidine rings is 1. The minimum absolute atomic E-state index is 0. The highest BCUT2D eigenvalue weighted by atomic mass is 35.5. The van der Waals surface area contributed by atoms with E-state index >= 15 is 0 Å². The zero-order valence-corrected chi connectivity index (χ0v) is 12.2. The zero-order chi connectivity index (χ0) is 14.8. The molecular weight excluding hydrogens is 305 g/mol. The van der Waals surface area contributed by atoms with Gasteiger partial charge in [0.05, 0.1) is 5.56 Å². The number of likely N-dealkylation sites (tertiary alicyclic amines) is 1. The number of amides is 1. The maximum absolute atomic E-state index is 12.5. The van der Waals surface area contributed by atoms with E-state index in [-0.39, 0.29) is 29.9 Å². The third-order valence-corrected chi connectivity index (χ3v) is 3.62. The van der Waals surface area contributed by atoms with Crippen molar-refractivity contribution in [2.75, 3.05) is 13.1 Å². The largest absolute Gasteiger partial charge is 0.416 e. The van der Waals surface area contributed by atoms with Gasteiger partial charge in [0.2, 0.25) is 0 Å². The van der Waals surface area contributed by atoms with Crippen LogP contribution in [0.25, 0.3) is 0 Å². The molecule has 7 heteroatoms. The lowest BCUT2D eigenvalue weighted by molar-refractivity contribution is -0.137. The van der Waals surface area contributed by atoms with Gasteiger partial charge < -0.3 is 10.6 Å². The van der Waals surface area contributed by atoms with Gasteiger partial charge in [-0.1, -0.05) is 0 Å². The van der Waals surface area contributed by atoms with E-state index in [1.165, 1.54) is 12.1 Å². The van der Waals surface area contributed by atoms with Crippen LogP contribution in [0.5, 0.6) is 0 Å². The van der Waals surface area contributed by atoms with Crippen molar-refractivity contribution in [2.45, 2.75) is 31.5 Å². The molecule has 2 N–H and O–H groups in total. The number of carbonyl (C=O) groups is 1. The van der Waals surface area contributed by atoms with Crippen LogP contribution in [0.1, 0.15) is 35.2 Å². The second kappa shape index (κ2) is 7.13. The first kappa shape index (κ1) is 17.8. The number of benzene rings is 1. The molecule has 1 aliphatic heterocycles. The van der Waals surface area contributed by atoms with Crippen molar-refractivity contribution in [1.82, 2.24) is 4.90 Å². The quantitative estimate of drug-likeness (QED) is 0.909. The SMILES string of the molecule is Cl.NCC1CCCCN1C(=O)c1ccc(C(F)(F)F)cc1. The van der Waals surface area contributed by atoms with Gasteiger partial charge in [-0.25, -0.2) is 0 Å². The van der Waals surface area contributed by atoms with Crippen molar-refractivity contribution in [3.05, 3.63) is 35.4 Å². The van der Waals surface area contributed by atoms with E-state index in [9.17, 15) is 18.0 Å². The lowest BCUT2D eigenvalue weighted by Crippen LogP contribution is -2.47. The Morgan fingerprint density at radius 3 is 2.38 bits per heavy atom. The maximum Gasteiger partial charge on any atom is 0.416 e. The van der Waals surface area contributed by atoms with Crippen LogP contribution in [0.4, 0.5) is 13.2 Å². The molecule has 0 bridgehead atoms. The maximum atomic E-state index is 12.5. The van der Waals surface area contributed by atoms with Crippen LogP contribution in [-0.2, 0) is 6.18 Å². The predicted molar refractivity (Wildman–Crippen MR) is 76.4 cm³/mol. The average molecular weight is 323 g/mol. The molecule has 1 unspecified atom stereocenters. The Bertz CT molecular complexity index is 476. The smallest absolute Gasteiger partial charge is 0.334 e. The highest BCUT2D eigenvalue weighted by molar-refractivity contribution is 5.94. The fourth-order valence-electron chi connectivity index (χ4n) is 2.48. The summed E-state index contributed by atoms with van der Waals surface area (Å²) in [7, 11) is 0. The summed E-state index contributed by atoms with van der Waals surface area (Å²) in [6, 6.07) is 4.32. The Labute approximate surface area is 127 Å². The van der Waals surface area contributed by atoms with E-state index < -0.39 is 11.7 Å². The van der Waals surface area contributed by atoms with Crippen molar-refractivity contribution >= 4 is 18.3 Å². The molecule has 2 rings (SSSR count). The molecule has 1 amide bonds. The molecule has 1 aromatic rings. The Kier molecular flexibility index (Phi) is 6.04. The minimum atomic E-state index is -4.38. The molecule has 1 fully saturated rings. The number of nitrogens with zero attached hydrogens (tertiary/aromatic N) is 1. The first-order valence-electron chi connectivity index (χ1n) is 6.62. The van der Waals surface area contributed by atoms with Crippen LogP contribution in [-0.4, -0.2) is 29.9 Å². The first-order valence-corrected chi connectivity index (χ1v) is 6.62. The van der Waals surface area contributed by atoms with Crippen LogP contribution >= 0.6 is 12.4 Å². The molecule has 1 aliphatic rings. The van der Waals surface area contributed by atoms with E-state index in [1.54, 1.807) is 4.90 Å². The summed E-state index contributed by atoms with van der Waals surface area (Å²) in [6.07, 6.45) is -1.60. The fraction of sp³-hybridized carbons (Fsp3) is 0.500. The number of carbonyl (C=O) groups excluding carboxylic acids is 1. The van der Waals surface area contributed by atoms with Gasteiger partial charge in [0, 0.05) is 24.7 Å². The summed E-state index contributed by atoms with van der Waals surface area (Å²) < 4.78 is 37.4. The number of hydrogen-bond acceptors (Lipinski definition) is 2. The molecule has 0 saturated carbocycles. The Morgan fingerprint density at radius 2 is 1.86 bits per heavy atom. The van der Waals surface area contributed by atoms with Crippen molar-refractivity contribution in [3.63, 3.8) is 0 Å². The fourth-order valence-corrected chi connectivity index (χ4v) is 2.48. The molecule has 21 heavy (non-hydrogen) atoms. The van der Waals surface area contributed by atoms with Crippen LogP contribution in [0.3, 0.4) is 0 Å². The van der Waals surface area contributed by atoms with Gasteiger partial charge >= 0.3 is 6.18 Å². The molecule has 0 radical (unpaired) electrons. The molecule has 118 valence electrons. The highest BCUT2D eigenvalue weighted by Gasteiger charge is 2.31. The van der Waals surface area contributed by atoms with Gasteiger partial charge in [0.1, 0.15) is 0 Å². The molecule has 1 heterocycles. The van der Waals surface area contributed by atoms with Crippen LogP contribution in [0, 0.1) is 0 Å². The van der Waals surface area contributed by atoms with E-state index in [0.717, 1.165) is 31.4 Å². The first-order chi connectivity index (χ1) is 9.43. The van der Waals surface area contributed by atoms with Crippen LogP contribution in [0.15, 0.2) is 24.3 Å². The normalized spacial score (nSPS) is 19.0. The van der Waals surface area contributed by atoms with E-state index in [4.69, 9.17) is 5.73 Å². The Morgan fingerprint density at radius 1 is 1.24 bits per heavy atom. The lowest BCUT2D eigenvalue weighted by atomic mass is 10.0. The van der Waals surface area contributed by atoms with Gasteiger partial charge in [-0.3, -0.25) is 4.79 Å². The number of hydrogen-bond donors (Lipinski definition) is 1. The summed E-state index contributed by atoms with van der Waals surface area (Å²) in [6.45, 7) is 0.994. The van der Waals surface area contributed by atoms with E-state index in [2.05, 4.69) is 0 Å². The minimum Gasteiger partial charge on any atom is -0.334 e. The van der Waals surface area contributed by atoms with Crippen molar-refractivity contribution < 1.29 is 18.0 Å². The topological polar surface area (TPSA) is 46.3 Å². The standard InChI is InChI=1S/C14H17F3N2O.ClH/c15-14(16,17)11-6-4-10(5-7-11)13(20)19-8-2-1-3-12(19)9-18;/h4-7,12H,1-3,8-9,18H2;1H. The van der Waals surface area contributed by atoms with Crippen molar-refractivity contribution in [3.8, 4) is 0 Å². The molecular formula is C14H18ClF3N2O. The van der Waals surface area contributed by atoms with E-state index in [0.29, 0.717) is 13.1 Å². The number of alkyl halides is 3. The summed E-state index contributed by atoms with van der Waals surface area (Å²) in [4.78, 5) is 14.0. The van der Waals surface area contributed by atoms with Gasteiger partial charge in [-0.2, -0.15) is 13.2 Å². The van der Waals surface area contributed by atoms with Gasteiger partial charge in [-0.05, 0) is 43.5 Å². The third kappa shape index (κ3) is 4.11. The number of nitrogens with two attached hydrogens (primary N) is 1. The van der Waals surface area contributed by atoms with Gasteiger partial charge in [0.25, 0.3) is 5.91 Å². The average Bonchev–Trinajstić information content (AvgIpc) is 2.45. The van der Waals surface area contributed by atoms with Crippen molar-refractivity contribution in [1.29, 1.82) is 0 Å². The number of halogens is 4. The van der Waals surface area contributed by atoms with Crippen molar-refractivity contribution in [2.24, 2.45) is 5.73 Å². The molecule has 1 atom stereocenters. The lowest BCUT2D eigenvalue weighted by Gasteiger charge is -2.35. The summed E-state index contributed by atoms with van der Waals surface area (Å²) in [5, 5.41) is 0. The predicted octanol–water partition coefficient (Wildman–Crippen LogP) is 3.08. The summed E-state index contributed by atoms with van der Waals surface area (Å²) >= 11 is 0. The summed E-state index contributed by atoms with van der Waals surface area (Å²) in [5.41, 5.74) is 5.18. The molecule has 0 aromatic heterocycles. The zero-order valence-electron chi connectivity index (χ0n) is 11.4. The van der Waals surface area contributed by atoms with Gasteiger partial charge in [-0.15, -0.1) is 12.4 Å². The molecule has 0 aliphatic carbocycles. The summed E-state index contributed by atoms with van der Waals surface area (Å²) in [5.74, 6) is -0.242.